The Balaban J connectivity index is 0.000000716. The molecule has 6 rings (SSSR count). The van der Waals surface area contributed by atoms with Gasteiger partial charge in [-0.3, -0.25) is 19.9 Å². The summed E-state index contributed by atoms with van der Waals surface area (Å²) in [5.74, 6) is 2.37. The van der Waals surface area contributed by atoms with E-state index in [9.17, 15) is 55.2 Å². The molecule has 0 unspecified atom stereocenters. The first-order valence-electron chi connectivity index (χ1n) is 16.8. The van der Waals surface area contributed by atoms with Gasteiger partial charge < -0.3 is 14.3 Å². The van der Waals surface area contributed by atoms with Crippen LogP contribution in [0.5, 0.6) is 0 Å². The molecule has 0 bridgehead atoms. The summed E-state index contributed by atoms with van der Waals surface area (Å²) in [7, 11) is -21.3. The van der Waals surface area contributed by atoms with Crippen molar-refractivity contribution in [2.24, 2.45) is 21.8 Å². The molecule has 0 aromatic carbocycles. The molecule has 0 radical (unpaired) electrons. The Morgan fingerprint density at radius 3 is 0.847 bits per heavy atom. The van der Waals surface area contributed by atoms with Crippen molar-refractivity contribution in [1.82, 2.24) is 19.9 Å². The van der Waals surface area contributed by atoms with Gasteiger partial charge in [0.05, 0.1) is 34.9 Å². The fraction of sp³-hybridized carbons (Fsp3) is 0.343. The molecule has 2 aliphatic rings. The molecule has 0 amide bonds. The van der Waals surface area contributed by atoms with Gasteiger partial charge in [0.25, 0.3) is 11.8 Å². The number of pyridine rings is 4. The Morgan fingerprint density at radius 1 is 0.508 bits per heavy atom. The maximum Gasteiger partial charge on any atom is 2.00 e. The first kappa shape index (κ1) is 54.9. The fourth-order valence-corrected chi connectivity index (χ4v) is 3.75. The summed E-state index contributed by atoms with van der Waals surface area (Å²) < 4.78 is 129. The van der Waals surface area contributed by atoms with Crippen LogP contribution in [0, 0.1) is 11.8 Å². The van der Waals surface area contributed by atoms with Crippen LogP contribution in [0.3, 0.4) is 0 Å². The van der Waals surface area contributed by atoms with E-state index < -0.39 is 15.6 Å². The number of ether oxygens (including phenoxy) is 2. The van der Waals surface area contributed by atoms with Gasteiger partial charge in [-0.15, -0.1) is 0 Å². The molecule has 2 atom stereocenters. The Bertz CT molecular complexity index is 1680. The third-order valence-corrected chi connectivity index (χ3v) is 6.25. The van der Waals surface area contributed by atoms with Gasteiger partial charge in [0, 0.05) is 24.8 Å². The average molecular weight is 986 g/mol. The molecule has 9 nitrogen and oxygen atoms in total. The Hall–Kier alpha value is -4.15. The smallest absolute Gasteiger partial charge is 0.255 e. The van der Waals surface area contributed by atoms with Crippen molar-refractivity contribution in [3.05, 3.63) is 97.6 Å². The van der Waals surface area contributed by atoms with Crippen molar-refractivity contribution < 1.29 is 84.1 Å². The molecule has 332 valence electrons. The molecule has 0 spiro atoms. The van der Waals surface area contributed by atoms with Crippen LogP contribution in [0.15, 0.2) is 108 Å². The van der Waals surface area contributed by atoms with Crippen LogP contribution < -0.4 is 0 Å². The minimum absolute atomic E-state index is 0. The summed E-state index contributed by atoms with van der Waals surface area (Å²) in [5, 5.41) is 0. The predicted octanol–water partition coefficient (Wildman–Crippen LogP) is 13.5. The van der Waals surface area contributed by atoms with Crippen molar-refractivity contribution >= 4 is 33.2 Å². The van der Waals surface area contributed by atoms with E-state index in [1.807, 2.05) is 72.8 Å². The summed E-state index contributed by atoms with van der Waals surface area (Å²) in [5.41, 5.74) is 3.66. The molecule has 6 heterocycles. The second-order valence-electron chi connectivity index (χ2n) is 12.8. The Morgan fingerprint density at radius 2 is 0.712 bits per heavy atom. The number of nitrogens with zero attached hydrogens (tertiary/aromatic N) is 6. The van der Waals surface area contributed by atoms with E-state index >= 15 is 0 Å². The zero-order chi connectivity index (χ0) is 44.6. The fourth-order valence-electron chi connectivity index (χ4n) is 3.75. The summed E-state index contributed by atoms with van der Waals surface area (Å²) in [6.07, 6.45) is 7.07. The molecule has 0 saturated carbocycles. The van der Waals surface area contributed by atoms with Crippen LogP contribution in [0.1, 0.15) is 41.5 Å². The van der Waals surface area contributed by atoms with Crippen LogP contribution >= 0.6 is 15.6 Å². The van der Waals surface area contributed by atoms with Crippen LogP contribution in [-0.2, 0) is 33.7 Å². The maximum atomic E-state index is 9.87. The number of aliphatic imine (C=N–C) groups is 2. The molecule has 4 aromatic rings. The van der Waals surface area contributed by atoms with Gasteiger partial charge in [-0.25, -0.2) is 9.98 Å². The molecule has 0 saturated heterocycles. The standard InChI is InChI=1S/C12H20N2O2.2C10H8N2.C3H6O.2F6P.Ru/c1-7(2)9-5-15-11(13-9)12-14-10(6-16-12)8(3)4;2*1-3-7-11-9(5-1)10-6-2-4-8-12-10;1-3(2)4;2*1-7(2,3,4,5)6;/h7-10H,5-6H2,1-4H3;2*1-8H;1-2H3;;;/q;;;;2*-1;+2/t9-,10-;;;;;;/m1....../s1. The van der Waals surface area contributed by atoms with Gasteiger partial charge in [-0.2, -0.15) is 0 Å². The number of Topliss-reactive ketones (excluding diaryl/α,β-unsaturated/α-hetero) is 1. The van der Waals surface area contributed by atoms with E-state index in [0.29, 0.717) is 36.8 Å². The van der Waals surface area contributed by atoms with Crippen LogP contribution in [0.2, 0.25) is 0 Å². The first-order chi connectivity index (χ1) is 26.1. The molecule has 2 aliphatic heterocycles. The maximum absolute atomic E-state index is 10.7. The van der Waals surface area contributed by atoms with Crippen LogP contribution in [0.4, 0.5) is 50.4 Å². The summed E-state index contributed by atoms with van der Waals surface area (Å²) in [4.78, 5) is 35.2. The average Bonchev–Trinajstić information content (AvgIpc) is 3.79. The summed E-state index contributed by atoms with van der Waals surface area (Å²) in [6, 6.07) is 23.7. The number of hydrogen-bond acceptors (Lipinski definition) is 9. The van der Waals surface area contributed by atoms with Gasteiger partial charge in [0.1, 0.15) is 19.0 Å². The Kier molecular flexibility index (Phi) is 19.4. The number of carbonyl (C=O) groups excluding carboxylic acids is 1. The minimum atomic E-state index is -10.7. The monoisotopic (exact) mass is 986 g/mol. The van der Waals surface area contributed by atoms with Gasteiger partial charge >= 0.3 is 85.5 Å². The van der Waals surface area contributed by atoms with E-state index in [4.69, 9.17) is 9.47 Å². The molecule has 0 N–H and O–H groups in total. The van der Waals surface area contributed by atoms with Crippen molar-refractivity contribution in [2.45, 2.75) is 53.6 Å². The number of rotatable bonds is 5. The molecule has 59 heavy (non-hydrogen) atoms. The number of halogens is 12. The number of aromatic nitrogens is 4. The molecule has 24 heteroatoms. The molecule has 4 aromatic heterocycles. The topological polar surface area (TPSA) is 112 Å². The van der Waals surface area contributed by atoms with Crippen LogP contribution in [0.25, 0.3) is 22.8 Å². The quantitative estimate of drug-likeness (QED) is 0.111. The Labute approximate surface area is 345 Å². The normalized spacial score (nSPS) is 17.8. The van der Waals surface area contributed by atoms with E-state index in [1.165, 1.54) is 13.8 Å². The largest absolute Gasteiger partial charge is 2.00 e. The van der Waals surface area contributed by atoms with Crippen molar-refractivity contribution in [2.75, 3.05) is 13.2 Å². The number of carbonyl (C=O) groups is 1. The van der Waals surface area contributed by atoms with E-state index in [-0.39, 0.29) is 37.3 Å². The zero-order valence-electron chi connectivity index (χ0n) is 32.2. The first-order valence-corrected chi connectivity index (χ1v) is 20.9. The van der Waals surface area contributed by atoms with Gasteiger partial charge in [-0.1, -0.05) is 52.0 Å². The van der Waals surface area contributed by atoms with Crippen molar-refractivity contribution in [3.8, 4) is 22.8 Å². The SMILES string of the molecule is CC(C)=O.CC(C)[C@H]1COC(C2=N[C@@H](C(C)C)CO2)=N1.F[P-](F)(F)(F)(F)F.F[P-](F)(F)(F)(F)F.[Ru+2].c1ccc(-c2ccccn2)nc1.c1ccc(-c2ccccn2)nc1. The van der Waals surface area contributed by atoms with Crippen molar-refractivity contribution in [3.63, 3.8) is 0 Å². The summed E-state index contributed by atoms with van der Waals surface area (Å²) >= 11 is 0. The molecular weight excluding hydrogens is 943 g/mol. The van der Waals surface area contributed by atoms with Gasteiger partial charge in [-0.05, 0) is 74.2 Å². The third kappa shape index (κ3) is 33.4. The van der Waals surface area contributed by atoms with Gasteiger partial charge in [0.15, 0.2) is 0 Å². The van der Waals surface area contributed by atoms with E-state index in [0.717, 1.165) is 22.8 Å². The second-order valence-corrected chi connectivity index (χ2v) is 16.6. The van der Waals surface area contributed by atoms with Gasteiger partial charge in [0.2, 0.25) is 0 Å². The number of hydrogen-bond donors (Lipinski definition) is 0. The van der Waals surface area contributed by atoms with Crippen molar-refractivity contribution in [1.29, 1.82) is 0 Å². The van der Waals surface area contributed by atoms with Crippen LogP contribution in [-0.4, -0.2) is 62.8 Å². The third-order valence-electron chi connectivity index (χ3n) is 6.25. The van der Waals surface area contributed by atoms with E-state index in [2.05, 4.69) is 57.6 Å². The molecule has 0 aliphatic carbocycles. The second kappa shape index (κ2) is 20.9. The molecule has 0 fully saturated rings. The number of ketones is 1. The summed E-state index contributed by atoms with van der Waals surface area (Å²) in [6.45, 7) is 13.0. The zero-order valence-corrected chi connectivity index (χ0v) is 35.7. The van der Waals surface area contributed by atoms with E-state index in [1.54, 1.807) is 24.8 Å². The predicted molar refractivity (Wildman–Crippen MR) is 202 cm³/mol. The molecular formula is C35H42F12N6O3P2Ru. The minimum Gasteiger partial charge on any atom is -0.255 e.